The number of carbonyl (C=O) groups is 6. The van der Waals surface area contributed by atoms with E-state index >= 15 is 0 Å². The Balaban J connectivity index is 0.000000267. The number of carbonyl (C=O) groups excluding carboxylic acids is 6. The summed E-state index contributed by atoms with van der Waals surface area (Å²) in [5.41, 5.74) is -0.846. The molecule has 4 fully saturated rings. The maximum Gasteiger partial charge on any atom is 0.407 e. The van der Waals surface area contributed by atoms with Crippen molar-refractivity contribution in [2.24, 2.45) is 11.8 Å². The van der Waals surface area contributed by atoms with Crippen molar-refractivity contribution in [1.82, 2.24) is 31.9 Å². The van der Waals surface area contributed by atoms with Crippen LogP contribution in [0.15, 0.2) is 48.5 Å². The van der Waals surface area contributed by atoms with E-state index in [9.17, 15) is 80.7 Å². The molecule has 26 heteroatoms. The van der Waals surface area contributed by atoms with Crippen molar-refractivity contribution >= 4 is 54.9 Å². The highest BCUT2D eigenvalue weighted by atomic mass is 32.2. The summed E-state index contributed by atoms with van der Waals surface area (Å²) in [5, 5.41) is 13.6. The van der Waals surface area contributed by atoms with Gasteiger partial charge in [0.2, 0.25) is 23.4 Å². The molecule has 6 atom stereocenters. The molecule has 0 aromatic heterocycles. The lowest BCUT2D eigenvalue weighted by molar-refractivity contribution is -0.161. The molecular formula is C46H58F8N6O10S2. The molecule has 6 rings (SSSR count). The minimum Gasteiger partial charge on any atom is -0.347 e. The molecule has 2 aromatic carbocycles. The second-order valence-corrected chi connectivity index (χ2v) is 23.0. The number of halogens is 8. The minimum absolute atomic E-state index is 0.0368. The molecular weight excluding hydrogens is 1010 g/mol. The molecule has 0 aliphatic heterocycles. The predicted octanol–water partition coefficient (Wildman–Crippen LogP) is 3.91. The van der Waals surface area contributed by atoms with Crippen LogP contribution in [0.1, 0.15) is 101 Å². The third kappa shape index (κ3) is 18.8. The van der Waals surface area contributed by atoms with E-state index in [0.717, 1.165) is 74.2 Å². The third-order valence-electron chi connectivity index (χ3n) is 12.0. The molecule has 16 nitrogen and oxygen atoms in total. The fourth-order valence-electron chi connectivity index (χ4n) is 7.34. The number of ketones is 2. The van der Waals surface area contributed by atoms with E-state index in [-0.39, 0.29) is 48.3 Å². The second kappa shape index (κ2) is 24.3. The quantitative estimate of drug-likeness (QED) is 0.0581. The summed E-state index contributed by atoms with van der Waals surface area (Å²) in [5.74, 6) is -10.3. The lowest BCUT2D eigenvalue weighted by atomic mass is 10.0. The molecule has 4 amide bonds. The highest BCUT2D eigenvalue weighted by molar-refractivity contribution is 7.91. The average molecular weight is 1070 g/mol. The maximum absolute atomic E-state index is 13.9. The van der Waals surface area contributed by atoms with Crippen LogP contribution >= 0.6 is 0 Å². The van der Waals surface area contributed by atoms with Gasteiger partial charge < -0.3 is 21.3 Å². The van der Waals surface area contributed by atoms with Crippen LogP contribution in [0.4, 0.5) is 35.1 Å². The molecule has 2 aromatic rings. The van der Waals surface area contributed by atoms with Gasteiger partial charge in [-0.3, -0.25) is 39.4 Å². The third-order valence-corrected chi connectivity index (χ3v) is 15.6. The highest BCUT2D eigenvalue weighted by Gasteiger charge is 2.46. The lowest BCUT2D eigenvalue weighted by Gasteiger charge is -2.28. The zero-order valence-corrected chi connectivity index (χ0v) is 40.8. The number of rotatable bonds is 26. The topological polar surface area (TPSA) is 243 Å². The number of hydrogen-bond acceptors (Lipinski definition) is 12. The molecule has 0 heterocycles. The van der Waals surface area contributed by atoms with Crippen molar-refractivity contribution < 1.29 is 80.7 Å². The number of Topliss-reactive ketones (excluding diaryl/α,β-unsaturated/α-hetero) is 2. The number of benzene rings is 2. The van der Waals surface area contributed by atoms with Gasteiger partial charge in [0.1, 0.15) is 35.8 Å². The molecule has 0 radical (unpaired) electrons. The Bertz CT molecular complexity index is 2310. The molecule has 4 saturated carbocycles. The van der Waals surface area contributed by atoms with Crippen molar-refractivity contribution in [1.29, 1.82) is 0 Å². The zero-order chi connectivity index (χ0) is 53.3. The van der Waals surface area contributed by atoms with E-state index in [1.54, 1.807) is 0 Å². The molecule has 4 aliphatic carbocycles. The smallest absolute Gasteiger partial charge is 0.347 e. The Hall–Kier alpha value is -5.08. The van der Waals surface area contributed by atoms with E-state index in [2.05, 4.69) is 31.9 Å². The first-order valence-corrected chi connectivity index (χ1v) is 27.1. The van der Waals surface area contributed by atoms with Crippen molar-refractivity contribution in [3.63, 3.8) is 0 Å². The number of amides is 4. The second-order valence-electron chi connectivity index (χ2n) is 18.7. The number of sulfone groups is 2. The van der Waals surface area contributed by atoms with Crippen LogP contribution in [0.25, 0.3) is 0 Å². The van der Waals surface area contributed by atoms with Crippen LogP contribution in [0.5, 0.6) is 0 Å². The fraction of sp³-hybridized carbons (Fsp3) is 0.609. The van der Waals surface area contributed by atoms with Crippen LogP contribution < -0.4 is 31.9 Å². The number of nitrogens with one attached hydrogen (secondary N) is 6. The van der Waals surface area contributed by atoms with Crippen LogP contribution in [-0.2, 0) is 48.4 Å². The van der Waals surface area contributed by atoms with Crippen LogP contribution in [-0.4, -0.2) is 124 Å². The van der Waals surface area contributed by atoms with Gasteiger partial charge in [-0.15, -0.1) is 0 Å². The Morgan fingerprint density at radius 2 is 0.819 bits per heavy atom. The van der Waals surface area contributed by atoms with Crippen LogP contribution in [0.3, 0.4) is 0 Å². The molecule has 72 heavy (non-hydrogen) atoms. The molecule has 6 N–H and O–H groups in total. The van der Waals surface area contributed by atoms with E-state index in [1.807, 2.05) is 0 Å². The SMILES string of the molecule is CC[C@H](NC(=O)[C@H](CS(=O)(=O)CC1CC1)N[C@@H](c1ccc(F)cc1)C(F)(F)F)C(=O)C(=O)NC1CC1.CC[C@H](NC(=O)[C@H](CS(=O)(=O)CC1CC1)N[C@@H](c1ccc(F)cc1)C(F)(F)F)C(=O)C(=O)NC1CC1. The highest BCUT2D eigenvalue weighted by Crippen LogP contribution is 2.36. The van der Waals surface area contributed by atoms with Crippen LogP contribution in [0.2, 0.25) is 0 Å². The molecule has 0 spiro atoms. The zero-order valence-electron chi connectivity index (χ0n) is 39.2. The number of alkyl halides is 6. The molecule has 4 aliphatic rings. The van der Waals surface area contributed by atoms with Gasteiger partial charge in [-0.05, 0) is 111 Å². The molecule has 400 valence electrons. The number of hydrogen-bond donors (Lipinski definition) is 6. The van der Waals surface area contributed by atoms with Crippen molar-refractivity contribution in [2.75, 3.05) is 23.0 Å². The standard InChI is InChI=1S/2C23H29F4N3O5S/c2*1-2-17(19(31)22(33)28-16-9-10-16)30-21(32)18(12-36(34,35)11-13-3-4-13)29-20(23(25,26)27)14-5-7-15(24)8-6-14/h2*5-8,13,16-18,20,29H,2-4,9-12H2,1H3,(H,28,33)(H,30,32)/t2*17-,18-,20-/m00/s1. The summed E-state index contributed by atoms with van der Waals surface area (Å²) in [6.07, 6.45) is -4.43. The summed E-state index contributed by atoms with van der Waals surface area (Å²) in [6.45, 7) is 2.99. The van der Waals surface area contributed by atoms with Gasteiger partial charge in [0.15, 0.2) is 19.7 Å². The summed E-state index contributed by atoms with van der Waals surface area (Å²) in [4.78, 5) is 75.3. The Morgan fingerprint density at radius 1 is 0.514 bits per heavy atom. The average Bonchev–Trinajstić information content (AvgIpc) is 4.05. The summed E-state index contributed by atoms with van der Waals surface area (Å²) >= 11 is 0. The minimum atomic E-state index is -4.96. The van der Waals surface area contributed by atoms with Crippen molar-refractivity contribution in [2.45, 2.75) is 139 Å². The first-order valence-electron chi connectivity index (χ1n) is 23.4. The first kappa shape index (κ1) is 57.8. The molecule has 0 unspecified atom stereocenters. The Morgan fingerprint density at radius 3 is 1.07 bits per heavy atom. The summed E-state index contributed by atoms with van der Waals surface area (Å²) < 4.78 is 161. The van der Waals surface area contributed by atoms with E-state index < -0.39 is 138 Å². The largest absolute Gasteiger partial charge is 0.407 e. The van der Waals surface area contributed by atoms with Crippen molar-refractivity contribution in [3.8, 4) is 0 Å². The van der Waals surface area contributed by atoms with Crippen LogP contribution in [0, 0.1) is 23.5 Å². The summed E-state index contributed by atoms with van der Waals surface area (Å²) in [7, 11) is -7.89. The first-order chi connectivity index (χ1) is 33.6. The van der Waals surface area contributed by atoms with E-state index in [0.29, 0.717) is 25.7 Å². The van der Waals surface area contributed by atoms with Gasteiger partial charge in [0, 0.05) is 12.1 Å². The molecule has 0 bridgehead atoms. The Kier molecular flexibility index (Phi) is 19.5. The van der Waals surface area contributed by atoms with E-state index in [4.69, 9.17) is 0 Å². The van der Waals surface area contributed by atoms with Gasteiger partial charge in [0.05, 0.1) is 35.1 Å². The normalized spacial score (nSPS) is 18.7. The van der Waals surface area contributed by atoms with E-state index in [1.165, 1.54) is 13.8 Å². The van der Waals surface area contributed by atoms with Crippen molar-refractivity contribution in [3.05, 3.63) is 71.3 Å². The monoisotopic (exact) mass is 1070 g/mol. The van der Waals surface area contributed by atoms with Gasteiger partial charge in [-0.2, -0.15) is 26.3 Å². The van der Waals surface area contributed by atoms with Gasteiger partial charge >= 0.3 is 12.4 Å². The lowest BCUT2D eigenvalue weighted by Crippen LogP contribution is -2.56. The van der Waals surface area contributed by atoms with Gasteiger partial charge in [-0.1, -0.05) is 38.1 Å². The maximum atomic E-state index is 13.9. The fourth-order valence-corrected chi connectivity index (χ4v) is 11.2. The molecule has 0 saturated heterocycles. The predicted molar refractivity (Wildman–Crippen MR) is 244 cm³/mol. The summed E-state index contributed by atoms with van der Waals surface area (Å²) in [6, 6.07) is -4.89. The Labute approximate surface area is 411 Å². The van der Waals surface area contributed by atoms with Gasteiger partial charge in [-0.25, -0.2) is 25.6 Å². The van der Waals surface area contributed by atoms with Gasteiger partial charge in [0.25, 0.3) is 11.8 Å².